The highest BCUT2D eigenvalue weighted by Gasteiger charge is 2.22. The van der Waals surface area contributed by atoms with E-state index in [9.17, 15) is 14.3 Å². The largest absolute Gasteiger partial charge is 0.478 e. The SMILES string of the molecule is Cc1c(CNCCCN(C)c2ccccc2)c(C(=O)O)c(C)n1Cc1cccc(F)c1. The maximum absolute atomic E-state index is 13.6. The van der Waals surface area contributed by atoms with Gasteiger partial charge in [0, 0.05) is 49.3 Å². The minimum absolute atomic E-state index is 0.291. The number of carbonyl (C=O) groups is 1. The van der Waals surface area contributed by atoms with Crippen LogP contribution in [-0.2, 0) is 13.1 Å². The lowest BCUT2D eigenvalue weighted by Crippen LogP contribution is -2.24. The number of benzene rings is 2. The van der Waals surface area contributed by atoms with Crippen LogP contribution >= 0.6 is 0 Å². The van der Waals surface area contributed by atoms with Crippen LogP contribution in [-0.4, -0.2) is 35.8 Å². The Morgan fingerprint density at radius 1 is 1.10 bits per heavy atom. The molecule has 0 aliphatic heterocycles. The summed E-state index contributed by atoms with van der Waals surface area (Å²) in [7, 11) is 2.07. The van der Waals surface area contributed by atoms with Crippen molar-refractivity contribution >= 4 is 11.7 Å². The second-order valence-corrected chi connectivity index (χ2v) is 7.83. The molecule has 0 unspecified atom stereocenters. The van der Waals surface area contributed by atoms with E-state index in [2.05, 4.69) is 29.4 Å². The molecule has 1 aromatic heterocycles. The molecule has 0 aliphatic carbocycles. The molecule has 5 nitrogen and oxygen atoms in total. The first-order chi connectivity index (χ1) is 14.9. The first kappa shape index (κ1) is 22.6. The number of aromatic carboxylic acids is 1. The Kier molecular flexibility index (Phi) is 7.47. The van der Waals surface area contributed by atoms with Crippen LogP contribution < -0.4 is 10.2 Å². The number of halogens is 1. The summed E-state index contributed by atoms with van der Waals surface area (Å²) in [6, 6.07) is 16.6. The highest BCUT2D eigenvalue weighted by molar-refractivity contribution is 5.91. The fourth-order valence-electron chi connectivity index (χ4n) is 3.97. The lowest BCUT2D eigenvalue weighted by atomic mass is 10.1. The molecule has 31 heavy (non-hydrogen) atoms. The van der Waals surface area contributed by atoms with Gasteiger partial charge in [0.1, 0.15) is 5.82 Å². The third-order valence-corrected chi connectivity index (χ3v) is 5.70. The molecule has 0 fully saturated rings. The van der Waals surface area contributed by atoms with E-state index in [-0.39, 0.29) is 5.82 Å². The average molecular weight is 424 g/mol. The summed E-state index contributed by atoms with van der Waals surface area (Å²) < 4.78 is 15.5. The van der Waals surface area contributed by atoms with E-state index in [4.69, 9.17) is 0 Å². The zero-order valence-electron chi connectivity index (χ0n) is 18.4. The molecule has 164 valence electrons. The molecule has 0 amide bonds. The van der Waals surface area contributed by atoms with Gasteiger partial charge in [-0.25, -0.2) is 9.18 Å². The maximum Gasteiger partial charge on any atom is 0.337 e. The van der Waals surface area contributed by atoms with Crippen LogP contribution in [0.1, 0.15) is 39.3 Å². The van der Waals surface area contributed by atoms with Gasteiger partial charge in [-0.3, -0.25) is 0 Å². The quantitative estimate of drug-likeness (QED) is 0.468. The second-order valence-electron chi connectivity index (χ2n) is 7.83. The van der Waals surface area contributed by atoms with Gasteiger partial charge in [-0.05, 0) is 56.6 Å². The topological polar surface area (TPSA) is 57.5 Å². The molecular formula is C25H30FN3O2. The molecule has 0 saturated carbocycles. The Morgan fingerprint density at radius 2 is 1.84 bits per heavy atom. The van der Waals surface area contributed by atoms with Crippen LogP contribution in [0.15, 0.2) is 54.6 Å². The van der Waals surface area contributed by atoms with Crippen molar-refractivity contribution in [2.24, 2.45) is 0 Å². The number of hydrogen-bond donors (Lipinski definition) is 2. The molecule has 3 aromatic rings. The molecule has 0 radical (unpaired) electrons. The second kappa shape index (κ2) is 10.3. The average Bonchev–Trinajstić information content (AvgIpc) is 2.98. The van der Waals surface area contributed by atoms with Gasteiger partial charge in [0.2, 0.25) is 0 Å². The monoisotopic (exact) mass is 423 g/mol. The molecule has 1 heterocycles. The van der Waals surface area contributed by atoms with Crippen LogP contribution in [0.5, 0.6) is 0 Å². The zero-order chi connectivity index (χ0) is 22.4. The number of hydrogen-bond acceptors (Lipinski definition) is 3. The van der Waals surface area contributed by atoms with E-state index >= 15 is 0 Å². The minimum Gasteiger partial charge on any atom is -0.478 e. The van der Waals surface area contributed by atoms with Crippen LogP contribution in [0.3, 0.4) is 0 Å². The van der Waals surface area contributed by atoms with E-state index in [1.165, 1.54) is 17.8 Å². The number of rotatable bonds is 10. The summed E-state index contributed by atoms with van der Waals surface area (Å²) in [5, 5.41) is 13.2. The molecular weight excluding hydrogens is 393 g/mol. The molecule has 3 rings (SSSR count). The number of anilines is 1. The van der Waals surface area contributed by atoms with Crippen LogP contribution in [0, 0.1) is 19.7 Å². The van der Waals surface area contributed by atoms with E-state index in [1.807, 2.05) is 42.7 Å². The van der Waals surface area contributed by atoms with Crippen molar-refractivity contribution in [1.82, 2.24) is 9.88 Å². The van der Waals surface area contributed by atoms with E-state index < -0.39 is 5.97 Å². The highest BCUT2D eigenvalue weighted by atomic mass is 19.1. The van der Waals surface area contributed by atoms with E-state index in [1.54, 1.807) is 6.07 Å². The Morgan fingerprint density at radius 3 is 2.52 bits per heavy atom. The maximum atomic E-state index is 13.6. The van der Waals surface area contributed by atoms with Gasteiger partial charge in [-0.1, -0.05) is 30.3 Å². The number of carboxylic acids is 1. The third kappa shape index (κ3) is 5.52. The predicted octanol–water partition coefficient (Wildman–Crippen LogP) is 4.61. The van der Waals surface area contributed by atoms with Crippen molar-refractivity contribution in [3.05, 3.63) is 88.5 Å². The van der Waals surface area contributed by atoms with Crippen molar-refractivity contribution in [2.75, 3.05) is 25.0 Å². The molecule has 2 aromatic carbocycles. The van der Waals surface area contributed by atoms with Crippen molar-refractivity contribution in [3.63, 3.8) is 0 Å². The number of aromatic nitrogens is 1. The molecule has 0 bridgehead atoms. The Labute approximate surface area is 183 Å². The van der Waals surface area contributed by atoms with E-state index in [0.29, 0.717) is 24.3 Å². The molecule has 0 atom stereocenters. The fraction of sp³-hybridized carbons (Fsp3) is 0.320. The first-order valence-corrected chi connectivity index (χ1v) is 10.5. The summed E-state index contributed by atoms with van der Waals surface area (Å²) in [4.78, 5) is 14.1. The summed E-state index contributed by atoms with van der Waals surface area (Å²) in [5.41, 5.74) is 4.70. The van der Waals surface area contributed by atoms with Gasteiger partial charge in [-0.2, -0.15) is 0 Å². The van der Waals surface area contributed by atoms with Crippen LogP contribution in [0.25, 0.3) is 0 Å². The van der Waals surface area contributed by atoms with Crippen molar-refractivity contribution < 1.29 is 14.3 Å². The number of nitrogens with one attached hydrogen (secondary N) is 1. The number of carboxylic acid groups (broad SMARTS) is 1. The van der Waals surface area contributed by atoms with Crippen LogP contribution in [0.2, 0.25) is 0 Å². The van der Waals surface area contributed by atoms with Crippen molar-refractivity contribution in [1.29, 1.82) is 0 Å². The fourth-order valence-corrected chi connectivity index (χ4v) is 3.97. The summed E-state index contributed by atoms with van der Waals surface area (Å²) in [6.45, 7) is 6.36. The Balaban J connectivity index is 1.64. The van der Waals surface area contributed by atoms with Gasteiger partial charge in [0.05, 0.1) is 5.56 Å². The highest BCUT2D eigenvalue weighted by Crippen LogP contribution is 2.24. The van der Waals surface area contributed by atoms with Crippen LogP contribution in [0.4, 0.5) is 10.1 Å². The van der Waals surface area contributed by atoms with Gasteiger partial charge < -0.3 is 19.9 Å². The first-order valence-electron chi connectivity index (χ1n) is 10.5. The number of para-hydroxylation sites is 1. The van der Waals surface area contributed by atoms with E-state index in [0.717, 1.165) is 36.3 Å². The molecule has 0 aliphatic rings. The summed E-state index contributed by atoms with van der Waals surface area (Å²) in [6.07, 6.45) is 0.940. The summed E-state index contributed by atoms with van der Waals surface area (Å²) in [5.74, 6) is -1.22. The van der Waals surface area contributed by atoms with Gasteiger partial charge in [-0.15, -0.1) is 0 Å². The lowest BCUT2D eigenvalue weighted by molar-refractivity contribution is 0.0694. The minimum atomic E-state index is -0.931. The van der Waals surface area contributed by atoms with Gasteiger partial charge in [0.25, 0.3) is 0 Å². The Bertz CT molecular complexity index is 1030. The Hall–Kier alpha value is -3.12. The smallest absolute Gasteiger partial charge is 0.337 e. The lowest BCUT2D eigenvalue weighted by Gasteiger charge is -2.19. The number of nitrogens with zero attached hydrogens (tertiary/aromatic N) is 2. The van der Waals surface area contributed by atoms with Gasteiger partial charge >= 0.3 is 5.97 Å². The third-order valence-electron chi connectivity index (χ3n) is 5.70. The van der Waals surface area contributed by atoms with Gasteiger partial charge in [0.15, 0.2) is 0 Å². The molecule has 2 N–H and O–H groups in total. The van der Waals surface area contributed by atoms with Crippen molar-refractivity contribution in [3.8, 4) is 0 Å². The summed E-state index contributed by atoms with van der Waals surface area (Å²) >= 11 is 0. The predicted molar refractivity (Wildman–Crippen MR) is 122 cm³/mol. The zero-order valence-corrected chi connectivity index (χ0v) is 18.4. The molecule has 6 heteroatoms. The normalized spacial score (nSPS) is 11.0. The standard InChI is InChI=1S/C25H30FN3O2/c1-18-23(16-27-13-8-14-28(3)22-11-5-4-6-12-22)24(25(30)31)19(2)29(18)17-20-9-7-10-21(26)15-20/h4-7,9-12,15,27H,8,13-14,16-17H2,1-3H3,(H,30,31). The van der Waals surface area contributed by atoms with Crippen molar-refractivity contribution in [2.45, 2.75) is 33.4 Å². The molecule has 0 saturated heterocycles. The molecule has 0 spiro atoms.